The molecule has 7 heteroatoms. The normalized spacial score (nSPS) is 12.4. The average Bonchev–Trinajstić information content (AvgIpc) is 2.49. The van der Waals surface area contributed by atoms with Gasteiger partial charge in [-0.3, -0.25) is 0 Å². The first-order valence-corrected chi connectivity index (χ1v) is 8.46. The van der Waals surface area contributed by atoms with E-state index >= 15 is 0 Å². The summed E-state index contributed by atoms with van der Waals surface area (Å²) in [6.45, 7) is 1.57. The molecule has 0 heterocycles. The minimum atomic E-state index is -3.72. The Hall–Kier alpha value is -2.43. The van der Waals surface area contributed by atoms with Crippen molar-refractivity contribution < 1.29 is 17.5 Å². The number of benzene rings is 2. The molecule has 0 spiro atoms. The van der Waals surface area contributed by atoms with Crippen LogP contribution in [-0.4, -0.2) is 14.2 Å². The van der Waals surface area contributed by atoms with Crippen molar-refractivity contribution >= 4 is 10.0 Å². The highest BCUT2D eigenvalue weighted by Crippen LogP contribution is 2.27. The fourth-order valence-electron chi connectivity index (χ4n) is 1.95. The van der Waals surface area contributed by atoms with Gasteiger partial charge in [-0.25, -0.2) is 17.5 Å². The first-order valence-electron chi connectivity index (χ1n) is 6.80. The standard InChI is InChI=1S/C16H15FN2O3S/c1-12(19-23(20,21)10-9-18)13-7-8-16(15(17)11-13)22-14-5-3-2-4-6-14/h2-8,11-12,19H,10H2,1H3. The Morgan fingerprint density at radius 1 is 1.26 bits per heavy atom. The van der Waals surface area contributed by atoms with Crippen molar-refractivity contribution in [3.63, 3.8) is 0 Å². The lowest BCUT2D eigenvalue weighted by molar-refractivity contribution is 0.441. The Bertz CT molecular complexity index is 817. The number of hydrogen-bond donors (Lipinski definition) is 1. The van der Waals surface area contributed by atoms with Crippen LogP contribution >= 0.6 is 0 Å². The molecule has 2 rings (SSSR count). The number of rotatable bonds is 6. The van der Waals surface area contributed by atoms with Crippen LogP contribution in [0.2, 0.25) is 0 Å². The fourth-order valence-corrected chi connectivity index (χ4v) is 2.88. The average molecular weight is 334 g/mol. The smallest absolute Gasteiger partial charge is 0.225 e. The Kier molecular flexibility index (Phi) is 5.32. The molecule has 2 aromatic carbocycles. The van der Waals surface area contributed by atoms with Crippen molar-refractivity contribution in [1.29, 1.82) is 5.26 Å². The molecule has 23 heavy (non-hydrogen) atoms. The van der Waals surface area contributed by atoms with Gasteiger partial charge in [0, 0.05) is 6.04 Å². The topological polar surface area (TPSA) is 79.2 Å². The number of nitriles is 1. The molecule has 5 nitrogen and oxygen atoms in total. The molecule has 0 fully saturated rings. The zero-order chi connectivity index (χ0) is 16.9. The molecule has 0 aliphatic rings. The monoisotopic (exact) mass is 334 g/mol. The SMILES string of the molecule is CC(NS(=O)(=O)CC#N)c1ccc(Oc2ccccc2)c(F)c1. The molecule has 1 N–H and O–H groups in total. The summed E-state index contributed by atoms with van der Waals surface area (Å²) in [5.74, 6) is -0.693. The van der Waals surface area contributed by atoms with Crippen LogP contribution in [0.3, 0.4) is 0 Å². The van der Waals surface area contributed by atoms with E-state index in [0.717, 1.165) is 0 Å². The quantitative estimate of drug-likeness (QED) is 0.880. The lowest BCUT2D eigenvalue weighted by Gasteiger charge is -2.14. The van der Waals surface area contributed by atoms with Gasteiger partial charge in [0.25, 0.3) is 0 Å². The third-order valence-electron chi connectivity index (χ3n) is 3.04. The maximum Gasteiger partial charge on any atom is 0.225 e. The predicted octanol–water partition coefficient (Wildman–Crippen LogP) is 3.12. The number of halogens is 1. The molecule has 0 aliphatic carbocycles. The molecular weight excluding hydrogens is 319 g/mol. The predicted molar refractivity (Wildman–Crippen MR) is 83.9 cm³/mol. The second kappa shape index (κ2) is 7.22. The number of nitrogens with one attached hydrogen (secondary N) is 1. The van der Waals surface area contributed by atoms with Crippen molar-refractivity contribution in [2.24, 2.45) is 0 Å². The second-order valence-corrected chi connectivity index (χ2v) is 6.62. The van der Waals surface area contributed by atoms with Crippen LogP contribution in [0.15, 0.2) is 48.5 Å². The third-order valence-corrected chi connectivity index (χ3v) is 4.26. The Balaban J connectivity index is 2.14. The molecule has 0 saturated carbocycles. The summed E-state index contributed by atoms with van der Waals surface area (Å²) in [6.07, 6.45) is 0. The molecule has 120 valence electrons. The van der Waals surface area contributed by atoms with Crippen molar-refractivity contribution in [2.45, 2.75) is 13.0 Å². The van der Waals surface area contributed by atoms with E-state index in [-0.39, 0.29) is 5.75 Å². The van der Waals surface area contributed by atoms with Crippen molar-refractivity contribution in [3.8, 4) is 17.6 Å². The molecule has 0 bridgehead atoms. The molecule has 0 aliphatic heterocycles. The van der Waals surface area contributed by atoms with Crippen LogP contribution in [0.25, 0.3) is 0 Å². The summed E-state index contributed by atoms with van der Waals surface area (Å²) in [5, 5.41) is 8.46. The summed E-state index contributed by atoms with van der Waals surface area (Å²) in [7, 11) is -3.72. The lowest BCUT2D eigenvalue weighted by atomic mass is 10.1. The number of ether oxygens (including phenoxy) is 1. The minimum absolute atomic E-state index is 0.0482. The van der Waals surface area contributed by atoms with E-state index in [4.69, 9.17) is 10.00 Å². The molecule has 2 aromatic rings. The van der Waals surface area contributed by atoms with Gasteiger partial charge in [-0.15, -0.1) is 0 Å². The van der Waals surface area contributed by atoms with Crippen LogP contribution in [-0.2, 0) is 10.0 Å². The molecule has 0 radical (unpaired) electrons. The Morgan fingerprint density at radius 2 is 1.96 bits per heavy atom. The number of hydrogen-bond acceptors (Lipinski definition) is 4. The summed E-state index contributed by atoms with van der Waals surface area (Å²) in [4.78, 5) is 0. The van der Waals surface area contributed by atoms with Gasteiger partial charge in [-0.05, 0) is 36.8 Å². The van der Waals surface area contributed by atoms with Crippen molar-refractivity contribution in [1.82, 2.24) is 4.72 Å². The van der Waals surface area contributed by atoms with E-state index in [1.165, 1.54) is 12.1 Å². The van der Waals surface area contributed by atoms with Crippen LogP contribution in [0.4, 0.5) is 4.39 Å². The van der Waals surface area contributed by atoms with Gasteiger partial charge >= 0.3 is 0 Å². The van der Waals surface area contributed by atoms with Crippen LogP contribution in [0.5, 0.6) is 11.5 Å². The molecule has 1 unspecified atom stereocenters. The number of nitrogens with zero attached hydrogens (tertiary/aromatic N) is 1. The van der Waals surface area contributed by atoms with E-state index in [0.29, 0.717) is 11.3 Å². The van der Waals surface area contributed by atoms with Gasteiger partial charge in [-0.2, -0.15) is 5.26 Å². The first kappa shape index (κ1) is 16.9. The molecular formula is C16H15FN2O3S. The largest absolute Gasteiger partial charge is 0.454 e. The minimum Gasteiger partial charge on any atom is -0.454 e. The highest BCUT2D eigenvalue weighted by Gasteiger charge is 2.17. The number of sulfonamides is 1. The fraction of sp³-hybridized carbons (Fsp3) is 0.188. The zero-order valence-corrected chi connectivity index (χ0v) is 13.2. The summed E-state index contributed by atoms with van der Waals surface area (Å²) in [6, 6.07) is 13.9. The second-order valence-electron chi connectivity index (χ2n) is 4.86. The van der Waals surface area contributed by atoms with E-state index < -0.39 is 27.6 Å². The first-order chi connectivity index (χ1) is 10.9. The van der Waals surface area contributed by atoms with Gasteiger partial charge in [0.2, 0.25) is 10.0 Å². The van der Waals surface area contributed by atoms with E-state index in [9.17, 15) is 12.8 Å². The lowest BCUT2D eigenvalue weighted by Crippen LogP contribution is -2.28. The van der Waals surface area contributed by atoms with Gasteiger partial charge in [0.15, 0.2) is 17.3 Å². The molecule has 0 saturated heterocycles. The Morgan fingerprint density at radius 3 is 2.57 bits per heavy atom. The highest BCUT2D eigenvalue weighted by atomic mass is 32.2. The molecule has 1 atom stereocenters. The van der Waals surface area contributed by atoms with E-state index in [2.05, 4.69) is 4.72 Å². The third kappa shape index (κ3) is 4.77. The van der Waals surface area contributed by atoms with Gasteiger partial charge in [0.05, 0.1) is 6.07 Å². The summed E-state index contributed by atoms with van der Waals surface area (Å²) in [5.41, 5.74) is 0.435. The van der Waals surface area contributed by atoms with E-state index in [1.54, 1.807) is 43.3 Å². The van der Waals surface area contributed by atoms with Crippen LogP contribution in [0.1, 0.15) is 18.5 Å². The van der Waals surface area contributed by atoms with Crippen molar-refractivity contribution in [3.05, 3.63) is 59.9 Å². The van der Waals surface area contributed by atoms with Crippen LogP contribution < -0.4 is 9.46 Å². The number of para-hydroxylation sites is 1. The van der Waals surface area contributed by atoms with E-state index in [1.807, 2.05) is 6.07 Å². The van der Waals surface area contributed by atoms with Gasteiger partial charge in [0.1, 0.15) is 5.75 Å². The molecule has 0 amide bonds. The summed E-state index contributed by atoms with van der Waals surface area (Å²) >= 11 is 0. The highest BCUT2D eigenvalue weighted by molar-refractivity contribution is 7.89. The Labute approximate surface area is 134 Å². The van der Waals surface area contributed by atoms with Crippen molar-refractivity contribution in [2.75, 3.05) is 5.75 Å². The zero-order valence-electron chi connectivity index (χ0n) is 12.4. The maximum atomic E-state index is 14.1. The summed E-state index contributed by atoms with van der Waals surface area (Å²) < 4.78 is 45.0. The van der Waals surface area contributed by atoms with Gasteiger partial charge < -0.3 is 4.74 Å². The molecule has 0 aromatic heterocycles. The van der Waals surface area contributed by atoms with Crippen LogP contribution in [0, 0.1) is 17.1 Å². The maximum absolute atomic E-state index is 14.1. The van der Waals surface area contributed by atoms with Gasteiger partial charge in [-0.1, -0.05) is 24.3 Å².